The van der Waals surface area contributed by atoms with Crippen molar-refractivity contribution in [2.24, 2.45) is 11.7 Å². The van der Waals surface area contributed by atoms with Gasteiger partial charge >= 0.3 is 0 Å². The molecule has 94 valence electrons. The first-order valence-corrected chi connectivity index (χ1v) is 6.74. The number of hydrogen-bond acceptors (Lipinski definition) is 2. The van der Waals surface area contributed by atoms with Crippen molar-refractivity contribution in [3.05, 3.63) is 0 Å². The molecule has 0 spiro atoms. The molecule has 0 heterocycles. The molecule has 0 aromatic heterocycles. The molecule has 0 radical (unpaired) electrons. The van der Waals surface area contributed by atoms with Crippen LogP contribution in [0.4, 0.5) is 0 Å². The molecule has 16 heavy (non-hydrogen) atoms. The number of nitrogens with two attached hydrogens (primary N) is 1. The maximum Gasteiger partial charge on any atom is 0.221 e. The molecule has 0 saturated heterocycles. The molecular weight excluding hydrogens is 200 g/mol. The molecule has 1 saturated carbocycles. The molecule has 1 aliphatic carbocycles. The fraction of sp³-hybridized carbons (Fsp3) is 0.923. The van der Waals surface area contributed by atoms with Crippen LogP contribution in [0, 0.1) is 5.92 Å². The lowest BCUT2D eigenvalue weighted by molar-refractivity contribution is -0.121. The van der Waals surface area contributed by atoms with E-state index >= 15 is 0 Å². The third-order valence-corrected chi connectivity index (χ3v) is 3.57. The minimum absolute atomic E-state index is 0.0229. The van der Waals surface area contributed by atoms with Crippen LogP contribution in [0.1, 0.15) is 58.3 Å². The fourth-order valence-electron chi connectivity index (χ4n) is 2.35. The summed E-state index contributed by atoms with van der Waals surface area (Å²) in [4.78, 5) is 11.5. The number of carbonyl (C=O) groups is 1. The Labute approximate surface area is 99.2 Å². The predicted molar refractivity (Wildman–Crippen MR) is 67.1 cm³/mol. The lowest BCUT2D eigenvalue weighted by atomic mass is 9.87. The second kappa shape index (κ2) is 7.66. The van der Waals surface area contributed by atoms with E-state index in [9.17, 15) is 4.79 Å². The number of amides is 1. The van der Waals surface area contributed by atoms with Crippen molar-refractivity contribution < 1.29 is 4.79 Å². The van der Waals surface area contributed by atoms with Crippen LogP contribution in [0.15, 0.2) is 0 Å². The summed E-state index contributed by atoms with van der Waals surface area (Å²) >= 11 is 0. The minimum atomic E-state index is 0.0229. The smallest absolute Gasteiger partial charge is 0.221 e. The van der Waals surface area contributed by atoms with Crippen LogP contribution >= 0.6 is 0 Å². The fourth-order valence-corrected chi connectivity index (χ4v) is 2.35. The maximum atomic E-state index is 11.5. The van der Waals surface area contributed by atoms with E-state index in [1.807, 2.05) is 6.92 Å². The normalized spacial score (nSPS) is 19.4. The standard InChI is InChI=1S/C13H26N2O/c1-2-12(14)10-13(16)15-9-8-11-6-4-3-5-7-11/h11-12H,2-10,14H2,1H3,(H,15,16). The molecule has 3 N–H and O–H groups in total. The summed E-state index contributed by atoms with van der Waals surface area (Å²) in [6.07, 6.45) is 9.34. The maximum absolute atomic E-state index is 11.5. The van der Waals surface area contributed by atoms with Gasteiger partial charge in [-0.15, -0.1) is 0 Å². The Morgan fingerprint density at radius 2 is 2.06 bits per heavy atom. The van der Waals surface area contributed by atoms with Crippen LogP contribution in [0.3, 0.4) is 0 Å². The van der Waals surface area contributed by atoms with Crippen molar-refractivity contribution in [2.75, 3.05) is 6.54 Å². The summed E-state index contributed by atoms with van der Waals surface area (Å²) in [7, 11) is 0. The number of hydrogen-bond donors (Lipinski definition) is 2. The Morgan fingerprint density at radius 3 is 2.69 bits per heavy atom. The molecule has 0 aromatic rings. The average molecular weight is 226 g/mol. The minimum Gasteiger partial charge on any atom is -0.356 e. The summed E-state index contributed by atoms with van der Waals surface area (Å²) in [6, 6.07) is 0.0229. The van der Waals surface area contributed by atoms with Gasteiger partial charge in [-0.25, -0.2) is 0 Å². The van der Waals surface area contributed by atoms with Crippen molar-refractivity contribution in [1.29, 1.82) is 0 Å². The second-order valence-corrected chi connectivity index (χ2v) is 5.02. The first-order valence-electron chi connectivity index (χ1n) is 6.74. The lowest BCUT2D eigenvalue weighted by Crippen LogP contribution is -2.32. The van der Waals surface area contributed by atoms with Crippen molar-refractivity contribution in [3.63, 3.8) is 0 Å². The number of nitrogens with one attached hydrogen (secondary N) is 1. The highest BCUT2D eigenvalue weighted by Gasteiger charge is 2.13. The molecule has 1 rings (SSSR count). The van der Waals surface area contributed by atoms with Gasteiger partial charge in [0, 0.05) is 19.0 Å². The Kier molecular flexibility index (Phi) is 6.46. The van der Waals surface area contributed by atoms with E-state index in [4.69, 9.17) is 5.73 Å². The van der Waals surface area contributed by atoms with Crippen molar-refractivity contribution in [3.8, 4) is 0 Å². The van der Waals surface area contributed by atoms with Gasteiger partial charge in [-0.1, -0.05) is 39.0 Å². The SMILES string of the molecule is CCC(N)CC(=O)NCCC1CCCCC1. The van der Waals surface area contributed by atoms with Crippen molar-refractivity contribution in [1.82, 2.24) is 5.32 Å². The van der Waals surface area contributed by atoms with E-state index in [0.717, 1.165) is 25.3 Å². The van der Waals surface area contributed by atoms with Gasteiger partial charge in [-0.05, 0) is 18.8 Å². The van der Waals surface area contributed by atoms with Gasteiger partial charge in [-0.2, -0.15) is 0 Å². The molecule has 1 amide bonds. The van der Waals surface area contributed by atoms with E-state index in [0.29, 0.717) is 6.42 Å². The number of rotatable bonds is 6. The largest absolute Gasteiger partial charge is 0.356 e. The van der Waals surface area contributed by atoms with Crippen LogP contribution in [-0.2, 0) is 4.79 Å². The highest BCUT2D eigenvalue weighted by atomic mass is 16.1. The zero-order valence-corrected chi connectivity index (χ0v) is 10.5. The van der Waals surface area contributed by atoms with Crippen LogP contribution < -0.4 is 11.1 Å². The average Bonchev–Trinajstić information content (AvgIpc) is 2.30. The highest BCUT2D eigenvalue weighted by Crippen LogP contribution is 2.25. The molecule has 1 unspecified atom stereocenters. The summed E-state index contributed by atoms with van der Waals surface area (Å²) in [5.74, 6) is 0.957. The molecule has 3 heteroatoms. The van der Waals surface area contributed by atoms with Gasteiger partial charge in [0.05, 0.1) is 0 Å². The Balaban J connectivity index is 2.03. The zero-order chi connectivity index (χ0) is 11.8. The van der Waals surface area contributed by atoms with Crippen LogP contribution in [0.25, 0.3) is 0 Å². The molecule has 0 bridgehead atoms. The van der Waals surface area contributed by atoms with Gasteiger partial charge in [-0.3, -0.25) is 4.79 Å². The third-order valence-electron chi connectivity index (χ3n) is 3.57. The van der Waals surface area contributed by atoms with E-state index in [-0.39, 0.29) is 11.9 Å². The topological polar surface area (TPSA) is 55.1 Å². The summed E-state index contributed by atoms with van der Waals surface area (Å²) in [6.45, 7) is 2.85. The van der Waals surface area contributed by atoms with Gasteiger partial charge in [0.2, 0.25) is 5.91 Å². The van der Waals surface area contributed by atoms with Crippen molar-refractivity contribution >= 4 is 5.91 Å². The molecule has 0 aromatic carbocycles. The van der Waals surface area contributed by atoms with E-state index in [1.165, 1.54) is 32.1 Å². The molecule has 1 fully saturated rings. The van der Waals surface area contributed by atoms with Gasteiger partial charge in [0.25, 0.3) is 0 Å². The van der Waals surface area contributed by atoms with Gasteiger partial charge in [0.15, 0.2) is 0 Å². The van der Waals surface area contributed by atoms with Crippen LogP contribution in [0.5, 0.6) is 0 Å². The first-order chi connectivity index (χ1) is 7.72. The third kappa shape index (κ3) is 5.50. The predicted octanol–water partition coefficient (Wildman–Crippen LogP) is 2.20. The second-order valence-electron chi connectivity index (χ2n) is 5.02. The molecule has 1 aliphatic rings. The van der Waals surface area contributed by atoms with Crippen molar-refractivity contribution in [2.45, 2.75) is 64.3 Å². The van der Waals surface area contributed by atoms with E-state index in [2.05, 4.69) is 5.32 Å². The molecule has 1 atom stereocenters. The zero-order valence-electron chi connectivity index (χ0n) is 10.5. The molecule has 3 nitrogen and oxygen atoms in total. The Hall–Kier alpha value is -0.570. The lowest BCUT2D eigenvalue weighted by Gasteiger charge is -2.21. The first kappa shape index (κ1) is 13.5. The molecular formula is C13H26N2O. The number of carbonyl (C=O) groups excluding carboxylic acids is 1. The highest BCUT2D eigenvalue weighted by molar-refractivity contribution is 5.76. The summed E-state index contributed by atoms with van der Waals surface area (Å²) in [5.41, 5.74) is 5.73. The summed E-state index contributed by atoms with van der Waals surface area (Å²) in [5, 5.41) is 2.98. The summed E-state index contributed by atoms with van der Waals surface area (Å²) < 4.78 is 0. The van der Waals surface area contributed by atoms with Gasteiger partial charge < -0.3 is 11.1 Å². The van der Waals surface area contributed by atoms with E-state index in [1.54, 1.807) is 0 Å². The monoisotopic (exact) mass is 226 g/mol. The molecule has 0 aliphatic heterocycles. The van der Waals surface area contributed by atoms with Gasteiger partial charge in [0.1, 0.15) is 0 Å². The Morgan fingerprint density at radius 1 is 1.38 bits per heavy atom. The van der Waals surface area contributed by atoms with E-state index < -0.39 is 0 Å². The van der Waals surface area contributed by atoms with Crippen LogP contribution in [-0.4, -0.2) is 18.5 Å². The van der Waals surface area contributed by atoms with Crippen LogP contribution in [0.2, 0.25) is 0 Å². The quantitative estimate of drug-likeness (QED) is 0.729. The Bertz CT molecular complexity index is 200.